The molecule has 0 aromatic carbocycles. The summed E-state index contributed by atoms with van der Waals surface area (Å²) in [4.78, 5) is 9.87. The molecule has 17 heavy (non-hydrogen) atoms. The van der Waals surface area contributed by atoms with Crippen molar-refractivity contribution < 1.29 is 0 Å². The zero-order valence-electron chi connectivity index (χ0n) is 9.94. The lowest BCUT2D eigenvalue weighted by atomic mass is 10.4. The Bertz CT molecular complexity index is 403. The predicted molar refractivity (Wildman–Crippen MR) is 70.6 cm³/mol. The number of aromatic nitrogens is 2. The molecule has 0 saturated carbocycles. The molecule has 0 spiro atoms. The van der Waals surface area contributed by atoms with Crippen molar-refractivity contribution in [2.24, 2.45) is 0 Å². The number of likely N-dealkylation sites (N-methyl/N-ethyl adjacent to an activating group) is 1. The first-order valence-corrected chi connectivity index (χ1v) is 5.46. The summed E-state index contributed by atoms with van der Waals surface area (Å²) in [6, 6.07) is 1.68. The number of rotatable bonds is 6. The third-order valence-corrected chi connectivity index (χ3v) is 2.23. The van der Waals surface area contributed by atoms with Crippen LogP contribution in [0.15, 0.2) is 37.1 Å². The van der Waals surface area contributed by atoms with Gasteiger partial charge < -0.3 is 15.5 Å². The first-order valence-electron chi connectivity index (χ1n) is 5.08. The van der Waals surface area contributed by atoms with Gasteiger partial charge in [-0.25, -0.2) is 9.97 Å². The van der Waals surface area contributed by atoms with E-state index < -0.39 is 0 Å². The third-order valence-electron chi connectivity index (χ3n) is 2.03. The van der Waals surface area contributed by atoms with Crippen molar-refractivity contribution in [3.05, 3.63) is 42.2 Å². The molecule has 1 aromatic heterocycles. The quantitative estimate of drug-likeness (QED) is 0.756. The second-order valence-corrected chi connectivity index (χ2v) is 3.87. The normalized spacial score (nSPS) is 10.9. The maximum Gasteiger partial charge on any atom is 0.134 e. The molecule has 0 aliphatic rings. The number of halogens is 1. The summed E-state index contributed by atoms with van der Waals surface area (Å²) in [5, 5.41) is 6.51. The molecule has 0 saturated heterocycles. The molecule has 0 aliphatic heterocycles. The van der Waals surface area contributed by atoms with Crippen LogP contribution in [0, 0.1) is 0 Å². The lowest BCUT2D eigenvalue weighted by molar-refractivity contribution is 0.503. The van der Waals surface area contributed by atoms with Crippen molar-refractivity contribution in [3.8, 4) is 0 Å². The van der Waals surface area contributed by atoms with Gasteiger partial charge in [0.2, 0.25) is 0 Å². The monoisotopic (exact) mass is 253 g/mol. The molecule has 0 bridgehead atoms. The molecule has 5 nitrogen and oxygen atoms in total. The fraction of sp³-hybridized carbons (Fsp3) is 0.273. The third kappa shape index (κ3) is 4.74. The van der Waals surface area contributed by atoms with Crippen LogP contribution in [0.1, 0.15) is 0 Å². The van der Waals surface area contributed by atoms with E-state index in [9.17, 15) is 0 Å². The van der Waals surface area contributed by atoms with Crippen molar-refractivity contribution in [2.45, 2.75) is 0 Å². The molecular weight excluding hydrogens is 238 g/mol. The summed E-state index contributed by atoms with van der Waals surface area (Å²) in [6.07, 6.45) is 4.90. The molecular formula is C11H16ClN5. The topological polar surface area (TPSA) is 53.1 Å². The fourth-order valence-corrected chi connectivity index (χ4v) is 1.25. The van der Waals surface area contributed by atoms with Crippen molar-refractivity contribution in [1.29, 1.82) is 0 Å². The molecule has 0 amide bonds. The van der Waals surface area contributed by atoms with Crippen LogP contribution < -0.4 is 10.6 Å². The van der Waals surface area contributed by atoms with E-state index in [4.69, 9.17) is 11.6 Å². The Morgan fingerprint density at radius 3 is 2.88 bits per heavy atom. The maximum atomic E-state index is 5.76. The van der Waals surface area contributed by atoms with E-state index >= 15 is 0 Å². The Morgan fingerprint density at radius 1 is 1.53 bits per heavy atom. The van der Waals surface area contributed by atoms with Gasteiger partial charge >= 0.3 is 0 Å². The Hall–Kier alpha value is -1.75. The molecule has 1 aromatic rings. The van der Waals surface area contributed by atoms with E-state index in [1.807, 2.05) is 25.2 Å². The van der Waals surface area contributed by atoms with E-state index in [2.05, 4.69) is 27.2 Å². The molecule has 6 heteroatoms. The van der Waals surface area contributed by atoms with Crippen LogP contribution in [-0.2, 0) is 0 Å². The first kappa shape index (κ1) is 13.3. The smallest absolute Gasteiger partial charge is 0.134 e. The number of hydrogen-bond acceptors (Lipinski definition) is 5. The minimum Gasteiger partial charge on any atom is -0.378 e. The highest BCUT2D eigenvalue weighted by Crippen LogP contribution is 2.09. The van der Waals surface area contributed by atoms with Crippen LogP contribution in [0.25, 0.3) is 0 Å². The molecule has 0 radical (unpaired) electrons. The van der Waals surface area contributed by atoms with E-state index in [1.54, 1.807) is 12.3 Å². The summed E-state index contributed by atoms with van der Waals surface area (Å²) >= 11 is 5.76. The number of anilines is 1. The fourth-order valence-electron chi connectivity index (χ4n) is 1.10. The summed E-state index contributed by atoms with van der Waals surface area (Å²) in [7, 11) is 3.93. The standard InChI is InChI=1S/C11H16ClN5/c1-4-13-6-9(17(2)3)7-14-11-5-10(12)15-8-16-11/h4-6,8,13H,1,7H2,2-3H3,(H,14,15,16)/b9-6-. The minimum atomic E-state index is 0.419. The molecule has 1 rings (SSSR count). The molecule has 0 fully saturated rings. The summed E-state index contributed by atoms with van der Waals surface area (Å²) in [6.45, 7) is 4.22. The highest BCUT2D eigenvalue weighted by molar-refractivity contribution is 6.29. The minimum absolute atomic E-state index is 0.419. The van der Waals surface area contributed by atoms with E-state index in [0.29, 0.717) is 17.5 Å². The van der Waals surface area contributed by atoms with Gasteiger partial charge in [-0.15, -0.1) is 0 Å². The summed E-state index contributed by atoms with van der Waals surface area (Å²) in [5.74, 6) is 0.691. The van der Waals surface area contributed by atoms with Crippen molar-refractivity contribution in [2.75, 3.05) is 26.0 Å². The SMILES string of the molecule is C=CN/C=C(/CNc1cc(Cl)ncn1)N(C)C. The van der Waals surface area contributed by atoms with Crippen LogP contribution in [-0.4, -0.2) is 35.5 Å². The number of nitrogens with zero attached hydrogens (tertiary/aromatic N) is 3. The zero-order valence-corrected chi connectivity index (χ0v) is 10.7. The van der Waals surface area contributed by atoms with Gasteiger partial charge in [-0.1, -0.05) is 18.2 Å². The van der Waals surface area contributed by atoms with Crippen LogP contribution >= 0.6 is 11.6 Å². The van der Waals surface area contributed by atoms with Crippen molar-refractivity contribution in [1.82, 2.24) is 20.2 Å². The van der Waals surface area contributed by atoms with Gasteiger partial charge in [0.1, 0.15) is 17.3 Å². The molecule has 0 aliphatic carbocycles. The van der Waals surface area contributed by atoms with Crippen LogP contribution in [0.5, 0.6) is 0 Å². The second-order valence-electron chi connectivity index (χ2n) is 3.48. The maximum absolute atomic E-state index is 5.76. The van der Waals surface area contributed by atoms with Gasteiger partial charge in [0, 0.05) is 32.1 Å². The number of hydrogen-bond donors (Lipinski definition) is 2. The predicted octanol–water partition coefficient (Wildman–Crippen LogP) is 1.68. The average molecular weight is 254 g/mol. The average Bonchev–Trinajstić information content (AvgIpc) is 2.28. The molecule has 92 valence electrons. The Balaban J connectivity index is 2.60. The lowest BCUT2D eigenvalue weighted by Gasteiger charge is -2.18. The molecule has 1 heterocycles. The largest absolute Gasteiger partial charge is 0.378 e. The van der Waals surface area contributed by atoms with Gasteiger partial charge in [0.15, 0.2) is 0 Å². The molecule has 0 atom stereocenters. The van der Waals surface area contributed by atoms with Gasteiger partial charge in [0.25, 0.3) is 0 Å². The van der Waals surface area contributed by atoms with Crippen LogP contribution in [0.4, 0.5) is 5.82 Å². The van der Waals surface area contributed by atoms with Gasteiger partial charge in [-0.05, 0) is 6.20 Å². The Morgan fingerprint density at radius 2 is 2.29 bits per heavy atom. The van der Waals surface area contributed by atoms with Gasteiger partial charge in [0.05, 0.1) is 6.54 Å². The molecule has 2 N–H and O–H groups in total. The molecule has 0 unspecified atom stereocenters. The van der Waals surface area contributed by atoms with E-state index in [-0.39, 0.29) is 0 Å². The highest BCUT2D eigenvalue weighted by Gasteiger charge is 2.01. The van der Waals surface area contributed by atoms with E-state index in [1.165, 1.54) is 6.33 Å². The Labute approximate surface area is 106 Å². The second kappa shape index (κ2) is 6.75. The van der Waals surface area contributed by atoms with Crippen molar-refractivity contribution >= 4 is 17.4 Å². The summed E-state index contributed by atoms with van der Waals surface area (Å²) < 4.78 is 0. The lowest BCUT2D eigenvalue weighted by Crippen LogP contribution is -2.21. The van der Waals surface area contributed by atoms with Crippen LogP contribution in [0.3, 0.4) is 0 Å². The van der Waals surface area contributed by atoms with Gasteiger partial charge in [-0.3, -0.25) is 0 Å². The Kier molecular flexibility index (Phi) is 5.29. The van der Waals surface area contributed by atoms with Crippen LogP contribution in [0.2, 0.25) is 5.15 Å². The zero-order chi connectivity index (χ0) is 12.7. The van der Waals surface area contributed by atoms with Crippen molar-refractivity contribution in [3.63, 3.8) is 0 Å². The summed E-state index contributed by atoms with van der Waals surface area (Å²) in [5.41, 5.74) is 1.06. The first-order chi connectivity index (χ1) is 8.13. The van der Waals surface area contributed by atoms with E-state index in [0.717, 1.165) is 5.70 Å². The van der Waals surface area contributed by atoms with Gasteiger partial charge in [-0.2, -0.15) is 0 Å². The number of nitrogens with one attached hydrogen (secondary N) is 2. The highest BCUT2D eigenvalue weighted by atomic mass is 35.5.